The molecule has 0 fully saturated rings. The number of carbonyl (C=O) groups is 1. The van der Waals surface area contributed by atoms with E-state index in [9.17, 15) is 15.0 Å². The van der Waals surface area contributed by atoms with Crippen LogP contribution in [0.2, 0.25) is 0 Å². The van der Waals surface area contributed by atoms with Gasteiger partial charge in [-0.05, 0) is 48.1 Å². The lowest BCUT2D eigenvalue weighted by atomic mass is 9.83. The number of carbonyl (C=O) groups excluding carboxylic acids is 1. The number of rotatable bonds is 3. The van der Waals surface area contributed by atoms with Gasteiger partial charge >= 0.3 is 5.97 Å². The van der Waals surface area contributed by atoms with Crippen LogP contribution in [0, 0.1) is 6.92 Å². The minimum absolute atomic E-state index is 0.201. The molecule has 0 aliphatic carbocycles. The van der Waals surface area contributed by atoms with Gasteiger partial charge in [0.2, 0.25) is 0 Å². The first-order chi connectivity index (χ1) is 8.68. The SMILES string of the molecule is CCOC(=O)C(O)c1cc(C)c(O)c(C(C)(C)C)c1. The number of benzene rings is 1. The van der Waals surface area contributed by atoms with Gasteiger partial charge in [-0.15, -0.1) is 0 Å². The number of ether oxygens (including phenoxy) is 1. The highest BCUT2D eigenvalue weighted by molar-refractivity contribution is 5.76. The molecule has 4 heteroatoms. The number of hydrogen-bond donors (Lipinski definition) is 2. The maximum Gasteiger partial charge on any atom is 0.339 e. The highest BCUT2D eigenvalue weighted by Gasteiger charge is 2.25. The zero-order chi connectivity index (χ0) is 14.8. The molecule has 0 saturated carbocycles. The summed E-state index contributed by atoms with van der Waals surface area (Å²) in [6.07, 6.45) is -1.32. The van der Waals surface area contributed by atoms with Crippen LogP contribution in [-0.2, 0) is 14.9 Å². The van der Waals surface area contributed by atoms with Crippen molar-refractivity contribution in [1.82, 2.24) is 0 Å². The maximum atomic E-state index is 11.6. The molecule has 1 aromatic carbocycles. The van der Waals surface area contributed by atoms with Gasteiger partial charge in [0.25, 0.3) is 0 Å². The molecule has 106 valence electrons. The molecule has 1 unspecified atom stereocenters. The lowest BCUT2D eigenvalue weighted by molar-refractivity contribution is -0.153. The molecule has 0 radical (unpaired) electrons. The fourth-order valence-corrected chi connectivity index (χ4v) is 1.89. The molecular formula is C15H22O4. The van der Waals surface area contributed by atoms with Crippen LogP contribution in [-0.4, -0.2) is 22.8 Å². The van der Waals surface area contributed by atoms with Crippen molar-refractivity contribution in [3.05, 3.63) is 28.8 Å². The Morgan fingerprint density at radius 1 is 1.37 bits per heavy atom. The third-order valence-electron chi connectivity index (χ3n) is 2.96. The van der Waals surface area contributed by atoms with E-state index in [0.717, 1.165) is 0 Å². The number of hydrogen-bond acceptors (Lipinski definition) is 4. The van der Waals surface area contributed by atoms with Crippen molar-refractivity contribution in [1.29, 1.82) is 0 Å². The molecular weight excluding hydrogens is 244 g/mol. The number of aromatic hydroxyl groups is 1. The average molecular weight is 266 g/mol. The van der Waals surface area contributed by atoms with Gasteiger partial charge in [-0.2, -0.15) is 0 Å². The van der Waals surface area contributed by atoms with Crippen LogP contribution in [0.4, 0.5) is 0 Å². The van der Waals surface area contributed by atoms with Crippen molar-refractivity contribution in [2.75, 3.05) is 6.61 Å². The summed E-state index contributed by atoms with van der Waals surface area (Å²) in [5, 5.41) is 20.1. The van der Waals surface area contributed by atoms with Crippen molar-refractivity contribution < 1.29 is 19.7 Å². The van der Waals surface area contributed by atoms with Crippen LogP contribution in [0.25, 0.3) is 0 Å². The lowest BCUT2D eigenvalue weighted by Gasteiger charge is -2.23. The molecule has 0 spiro atoms. The second-order valence-electron chi connectivity index (χ2n) is 5.64. The maximum absolute atomic E-state index is 11.6. The van der Waals surface area contributed by atoms with Gasteiger partial charge in [0.15, 0.2) is 6.10 Å². The molecule has 1 atom stereocenters. The van der Waals surface area contributed by atoms with Crippen molar-refractivity contribution in [3.8, 4) is 5.75 Å². The van der Waals surface area contributed by atoms with Gasteiger partial charge in [0, 0.05) is 0 Å². The zero-order valence-corrected chi connectivity index (χ0v) is 12.2. The van der Waals surface area contributed by atoms with E-state index >= 15 is 0 Å². The normalized spacial score (nSPS) is 13.2. The zero-order valence-electron chi connectivity index (χ0n) is 12.2. The van der Waals surface area contributed by atoms with Gasteiger partial charge in [-0.3, -0.25) is 0 Å². The molecule has 4 nitrogen and oxygen atoms in total. The minimum Gasteiger partial charge on any atom is -0.507 e. The van der Waals surface area contributed by atoms with Crippen molar-refractivity contribution >= 4 is 5.97 Å². The molecule has 19 heavy (non-hydrogen) atoms. The Kier molecular flexibility index (Phi) is 4.58. The Hall–Kier alpha value is -1.55. The summed E-state index contributed by atoms with van der Waals surface area (Å²) in [5.74, 6) is -0.472. The highest BCUT2D eigenvalue weighted by Crippen LogP contribution is 2.35. The highest BCUT2D eigenvalue weighted by atomic mass is 16.5. The van der Waals surface area contributed by atoms with E-state index in [2.05, 4.69) is 0 Å². The first-order valence-corrected chi connectivity index (χ1v) is 6.37. The standard InChI is InChI=1S/C15H22O4/c1-6-19-14(18)13(17)10-7-9(2)12(16)11(8-10)15(3,4)5/h7-8,13,16-17H,6H2,1-5H3. The Morgan fingerprint density at radius 2 is 1.95 bits per heavy atom. The van der Waals surface area contributed by atoms with Crippen molar-refractivity contribution in [3.63, 3.8) is 0 Å². The van der Waals surface area contributed by atoms with E-state index < -0.39 is 12.1 Å². The van der Waals surface area contributed by atoms with E-state index in [0.29, 0.717) is 16.7 Å². The monoisotopic (exact) mass is 266 g/mol. The first-order valence-electron chi connectivity index (χ1n) is 6.37. The van der Waals surface area contributed by atoms with Crippen LogP contribution < -0.4 is 0 Å². The third-order valence-corrected chi connectivity index (χ3v) is 2.96. The molecule has 0 aromatic heterocycles. The number of aliphatic hydroxyl groups excluding tert-OH is 1. The van der Waals surface area contributed by atoms with Gasteiger partial charge in [-0.25, -0.2) is 4.79 Å². The Bertz CT molecular complexity index is 472. The molecule has 0 saturated heterocycles. The van der Waals surface area contributed by atoms with Gasteiger partial charge in [0.1, 0.15) is 5.75 Å². The summed E-state index contributed by atoms with van der Waals surface area (Å²) >= 11 is 0. The van der Waals surface area contributed by atoms with Gasteiger partial charge in [-0.1, -0.05) is 20.8 Å². The van der Waals surface area contributed by atoms with E-state index in [1.54, 1.807) is 26.0 Å². The summed E-state index contributed by atoms with van der Waals surface area (Å²) in [6.45, 7) is 9.53. The third kappa shape index (κ3) is 3.47. The quantitative estimate of drug-likeness (QED) is 0.825. The first kappa shape index (κ1) is 15.5. The summed E-state index contributed by atoms with van der Waals surface area (Å²) in [5.41, 5.74) is 1.49. The minimum atomic E-state index is -1.32. The topological polar surface area (TPSA) is 66.8 Å². The number of phenols is 1. The number of phenolic OH excluding ortho intramolecular Hbond substituents is 1. The molecule has 0 amide bonds. The fraction of sp³-hybridized carbons (Fsp3) is 0.533. The van der Waals surface area contributed by atoms with Crippen LogP contribution in [0.15, 0.2) is 12.1 Å². The Morgan fingerprint density at radius 3 is 2.42 bits per heavy atom. The molecule has 1 aromatic rings. The van der Waals surface area contributed by atoms with E-state index in [4.69, 9.17) is 4.74 Å². The summed E-state index contributed by atoms with van der Waals surface area (Å²) in [6, 6.07) is 3.26. The lowest BCUT2D eigenvalue weighted by Crippen LogP contribution is -2.18. The second kappa shape index (κ2) is 5.61. The molecule has 0 heterocycles. The Balaban J connectivity index is 3.24. The summed E-state index contributed by atoms with van der Waals surface area (Å²) < 4.78 is 4.80. The van der Waals surface area contributed by atoms with Crippen molar-refractivity contribution in [2.24, 2.45) is 0 Å². The summed E-state index contributed by atoms with van der Waals surface area (Å²) in [4.78, 5) is 11.6. The van der Waals surface area contributed by atoms with E-state index in [-0.39, 0.29) is 17.8 Å². The predicted octanol–water partition coefficient (Wildman–Crippen LogP) is 2.59. The Labute approximate surface area is 114 Å². The van der Waals surface area contributed by atoms with Gasteiger partial charge < -0.3 is 14.9 Å². The number of aryl methyl sites for hydroxylation is 1. The van der Waals surface area contributed by atoms with Crippen LogP contribution in [0.3, 0.4) is 0 Å². The largest absolute Gasteiger partial charge is 0.507 e. The van der Waals surface area contributed by atoms with Gasteiger partial charge in [0.05, 0.1) is 6.61 Å². The molecule has 1 rings (SSSR count). The molecule has 0 aliphatic rings. The fourth-order valence-electron chi connectivity index (χ4n) is 1.89. The van der Waals surface area contributed by atoms with E-state index in [1.807, 2.05) is 20.8 Å². The van der Waals surface area contributed by atoms with E-state index in [1.165, 1.54) is 0 Å². The number of esters is 1. The number of aliphatic hydroxyl groups is 1. The predicted molar refractivity (Wildman–Crippen MR) is 73.1 cm³/mol. The second-order valence-corrected chi connectivity index (χ2v) is 5.64. The smallest absolute Gasteiger partial charge is 0.339 e. The van der Waals surface area contributed by atoms with Crippen LogP contribution >= 0.6 is 0 Å². The van der Waals surface area contributed by atoms with Crippen LogP contribution in [0.1, 0.15) is 50.5 Å². The van der Waals surface area contributed by atoms with Crippen molar-refractivity contribution in [2.45, 2.75) is 46.1 Å². The molecule has 0 aliphatic heterocycles. The van der Waals surface area contributed by atoms with Crippen LogP contribution in [0.5, 0.6) is 5.75 Å². The molecule has 2 N–H and O–H groups in total. The summed E-state index contributed by atoms with van der Waals surface area (Å²) in [7, 11) is 0. The average Bonchev–Trinajstić information content (AvgIpc) is 2.30. The molecule has 0 bridgehead atoms.